The lowest BCUT2D eigenvalue weighted by Gasteiger charge is -2.60. The van der Waals surface area contributed by atoms with E-state index in [1.165, 1.54) is 25.7 Å². The quantitative estimate of drug-likeness (QED) is 0.687. The van der Waals surface area contributed by atoms with Crippen LogP contribution in [-0.4, -0.2) is 42.2 Å². The van der Waals surface area contributed by atoms with Crippen molar-refractivity contribution in [2.24, 2.45) is 29.6 Å². The third-order valence-electron chi connectivity index (χ3n) is 7.54. The van der Waals surface area contributed by atoms with Crippen LogP contribution in [0.25, 0.3) is 0 Å². The van der Waals surface area contributed by atoms with Crippen LogP contribution in [0.5, 0.6) is 5.75 Å². The van der Waals surface area contributed by atoms with Crippen LogP contribution in [0.2, 0.25) is 5.02 Å². The Morgan fingerprint density at radius 2 is 2.04 bits per heavy atom. The minimum Gasteiger partial charge on any atom is -0.493 e. The summed E-state index contributed by atoms with van der Waals surface area (Å²) in [5, 5.41) is 10.6. The number of aliphatic hydroxyl groups excluding tert-OH is 1. The molecular weight excluding hydrogens is 374 g/mol. The Balaban J connectivity index is 1.30. The number of halogens is 1. The third kappa shape index (κ3) is 3.78. The van der Waals surface area contributed by atoms with Gasteiger partial charge in [-0.25, -0.2) is 0 Å². The van der Waals surface area contributed by atoms with Crippen molar-refractivity contribution in [3.63, 3.8) is 0 Å². The molecule has 4 nitrogen and oxygen atoms in total. The molecule has 1 amide bonds. The lowest BCUT2D eigenvalue weighted by molar-refractivity contribution is -0.149. The Morgan fingerprint density at radius 1 is 1.25 bits per heavy atom. The zero-order valence-corrected chi connectivity index (χ0v) is 17.7. The van der Waals surface area contributed by atoms with Gasteiger partial charge in [-0.1, -0.05) is 11.6 Å². The van der Waals surface area contributed by atoms with Crippen molar-refractivity contribution < 1.29 is 14.6 Å². The molecule has 1 aromatic carbocycles. The number of rotatable bonds is 7. The highest BCUT2D eigenvalue weighted by Gasteiger charge is 2.54. The van der Waals surface area contributed by atoms with Crippen molar-refractivity contribution in [1.82, 2.24) is 4.90 Å². The predicted octanol–water partition coefficient (Wildman–Crippen LogP) is 4.31. The molecule has 0 heterocycles. The number of carbonyl (C=O) groups is 1. The first kappa shape index (κ1) is 20.0. The first-order valence-electron chi connectivity index (χ1n) is 10.7. The Kier molecular flexibility index (Phi) is 5.89. The second kappa shape index (κ2) is 8.23. The lowest BCUT2D eigenvalue weighted by atomic mass is 9.49. The van der Waals surface area contributed by atoms with Crippen LogP contribution in [0.3, 0.4) is 0 Å². The molecule has 4 saturated carbocycles. The fourth-order valence-corrected chi connectivity index (χ4v) is 6.64. The number of aliphatic hydroxyl groups is 1. The molecule has 6 atom stereocenters. The van der Waals surface area contributed by atoms with Gasteiger partial charge in [0.2, 0.25) is 5.91 Å². The second-order valence-electron chi connectivity index (χ2n) is 9.20. The summed E-state index contributed by atoms with van der Waals surface area (Å²) in [7, 11) is 1.98. The summed E-state index contributed by atoms with van der Waals surface area (Å²) in [6.07, 6.45) is 6.17. The van der Waals surface area contributed by atoms with Crippen LogP contribution in [0, 0.1) is 36.5 Å². The zero-order chi connectivity index (χ0) is 19.8. The number of carbonyl (C=O) groups excluding carboxylic acids is 1. The fraction of sp³-hybridized carbons (Fsp3) is 0.696. The van der Waals surface area contributed by atoms with E-state index >= 15 is 0 Å². The minimum absolute atomic E-state index is 0.214. The molecule has 1 N–H and O–H groups in total. The van der Waals surface area contributed by atoms with Gasteiger partial charge in [-0.15, -0.1) is 0 Å². The molecule has 4 fully saturated rings. The van der Waals surface area contributed by atoms with Gasteiger partial charge in [0.25, 0.3) is 0 Å². The van der Waals surface area contributed by atoms with E-state index in [1.807, 2.05) is 37.1 Å². The second-order valence-corrected chi connectivity index (χ2v) is 9.63. The van der Waals surface area contributed by atoms with Crippen LogP contribution in [0.15, 0.2) is 18.2 Å². The van der Waals surface area contributed by atoms with Gasteiger partial charge in [0, 0.05) is 31.1 Å². The van der Waals surface area contributed by atoms with Crippen molar-refractivity contribution in [1.29, 1.82) is 0 Å². The van der Waals surface area contributed by atoms with E-state index in [9.17, 15) is 9.90 Å². The number of ether oxygens (including phenoxy) is 1. The number of benzene rings is 1. The van der Waals surface area contributed by atoms with E-state index in [4.69, 9.17) is 16.3 Å². The molecule has 0 spiro atoms. The van der Waals surface area contributed by atoms with E-state index < -0.39 is 0 Å². The molecule has 4 bridgehead atoms. The highest BCUT2D eigenvalue weighted by atomic mass is 35.5. The van der Waals surface area contributed by atoms with Gasteiger partial charge in [-0.2, -0.15) is 0 Å². The first-order chi connectivity index (χ1) is 13.5. The van der Waals surface area contributed by atoms with Crippen molar-refractivity contribution in [2.45, 2.75) is 51.5 Å². The van der Waals surface area contributed by atoms with Gasteiger partial charge >= 0.3 is 0 Å². The van der Waals surface area contributed by atoms with Crippen molar-refractivity contribution >= 4 is 17.5 Å². The summed E-state index contributed by atoms with van der Waals surface area (Å²) in [4.78, 5) is 14.9. The van der Waals surface area contributed by atoms with Crippen molar-refractivity contribution in [3.05, 3.63) is 28.8 Å². The molecule has 1 aromatic rings. The summed E-state index contributed by atoms with van der Waals surface area (Å²) in [5.41, 5.74) is 1.01. The molecule has 4 aliphatic rings. The summed E-state index contributed by atoms with van der Waals surface area (Å²) in [5.74, 6) is 4.07. The molecule has 154 valence electrons. The molecule has 0 aliphatic heterocycles. The maximum atomic E-state index is 12.9. The molecule has 0 aromatic heterocycles. The topological polar surface area (TPSA) is 49.8 Å². The van der Waals surface area contributed by atoms with Crippen LogP contribution in [-0.2, 0) is 4.79 Å². The molecule has 5 rings (SSSR count). The lowest BCUT2D eigenvalue weighted by Crippen LogP contribution is -2.60. The Bertz CT molecular complexity index is 724. The molecule has 28 heavy (non-hydrogen) atoms. The highest BCUT2D eigenvalue weighted by molar-refractivity contribution is 6.30. The Hall–Kier alpha value is -1.26. The fourth-order valence-electron chi connectivity index (χ4n) is 6.42. The average molecular weight is 406 g/mol. The summed E-state index contributed by atoms with van der Waals surface area (Å²) in [6, 6.07) is 5.92. The summed E-state index contributed by atoms with van der Waals surface area (Å²) >= 11 is 5.98. The van der Waals surface area contributed by atoms with Crippen LogP contribution in [0.1, 0.15) is 44.1 Å². The third-order valence-corrected chi connectivity index (χ3v) is 7.78. The smallest absolute Gasteiger partial charge is 0.222 e. The zero-order valence-electron chi connectivity index (χ0n) is 16.9. The van der Waals surface area contributed by atoms with Crippen LogP contribution in [0.4, 0.5) is 0 Å². The van der Waals surface area contributed by atoms with E-state index in [0.29, 0.717) is 54.2 Å². The standard InChI is InChI=1S/C23H32ClNO3/c1-14-8-18(24)5-6-21(14)28-7-3-4-22(27)25(2)23-17-10-15-9-16(12-17)20(13-26)19(23)11-15/h5-6,8,15-17,19-20,23,26H,3-4,7,9-13H2,1-2H3. The SMILES string of the molecule is Cc1cc(Cl)ccc1OCCCC(=O)N(C)C1C2CC3CC(C2)C(CO)C1C3. The van der Waals surface area contributed by atoms with E-state index in [0.717, 1.165) is 17.2 Å². The van der Waals surface area contributed by atoms with Crippen LogP contribution >= 0.6 is 11.6 Å². The van der Waals surface area contributed by atoms with E-state index in [1.54, 1.807) is 0 Å². The first-order valence-corrected chi connectivity index (χ1v) is 11.1. The van der Waals surface area contributed by atoms with Gasteiger partial charge in [-0.05, 0) is 92.4 Å². The van der Waals surface area contributed by atoms with Gasteiger partial charge in [0.05, 0.1) is 6.61 Å². The minimum atomic E-state index is 0.214. The summed E-state index contributed by atoms with van der Waals surface area (Å²) < 4.78 is 5.83. The molecule has 0 radical (unpaired) electrons. The molecule has 5 heteroatoms. The Morgan fingerprint density at radius 3 is 2.79 bits per heavy atom. The number of aryl methyl sites for hydroxylation is 1. The Labute approximate surface area is 173 Å². The normalized spacial score (nSPS) is 33.1. The molecule has 4 aliphatic carbocycles. The van der Waals surface area contributed by atoms with Gasteiger partial charge in [-0.3, -0.25) is 4.79 Å². The predicted molar refractivity (Wildman–Crippen MR) is 110 cm³/mol. The molecule has 6 unspecified atom stereocenters. The maximum absolute atomic E-state index is 12.9. The van der Waals surface area contributed by atoms with Crippen molar-refractivity contribution in [2.75, 3.05) is 20.3 Å². The van der Waals surface area contributed by atoms with Gasteiger partial charge in [0.15, 0.2) is 0 Å². The number of nitrogens with zero attached hydrogens (tertiary/aromatic N) is 1. The van der Waals surface area contributed by atoms with Gasteiger partial charge in [0.1, 0.15) is 5.75 Å². The maximum Gasteiger partial charge on any atom is 0.222 e. The van der Waals surface area contributed by atoms with E-state index in [2.05, 4.69) is 0 Å². The number of hydrogen-bond donors (Lipinski definition) is 1. The number of amides is 1. The monoisotopic (exact) mass is 405 g/mol. The molecule has 0 saturated heterocycles. The largest absolute Gasteiger partial charge is 0.493 e. The number of hydrogen-bond acceptors (Lipinski definition) is 3. The van der Waals surface area contributed by atoms with Crippen LogP contribution < -0.4 is 4.74 Å². The van der Waals surface area contributed by atoms with Crippen molar-refractivity contribution in [3.8, 4) is 5.75 Å². The van der Waals surface area contributed by atoms with E-state index in [-0.39, 0.29) is 12.5 Å². The average Bonchev–Trinajstić information content (AvgIpc) is 2.66. The van der Waals surface area contributed by atoms with Gasteiger partial charge < -0.3 is 14.7 Å². The highest BCUT2D eigenvalue weighted by Crippen LogP contribution is 2.57. The summed E-state index contributed by atoms with van der Waals surface area (Å²) in [6.45, 7) is 2.79. The molecular formula is C23H32ClNO3.